The number of nitrogen functional groups attached to an aromatic ring is 1. The molecule has 11 aromatic rings. The van der Waals surface area contributed by atoms with Crippen molar-refractivity contribution in [2.45, 2.75) is 259 Å². The van der Waals surface area contributed by atoms with E-state index in [9.17, 15) is 25.3 Å². The fraction of sp³-hybridized carbons (Fsp3) is 0.489. The molecule has 2 saturated heterocycles. The third-order valence-electron chi connectivity index (χ3n) is 23.9. The Morgan fingerprint density at radius 2 is 0.847 bits per heavy atom. The number of aliphatic imine (C=N–C) groups is 1. The van der Waals surface area contributed by atoms with E-state index >= 15 is 0 Å². The summed E-state index contributed by atoms with van der Waals surface area (Å²) in [6, 6.07) is 29.3. The first kappa shape index (κ1) is 81.0. The molecule has 14 heterocycles. The molecule has 2 unspecified atom stereocenters. The lowest BCUT2D eigenvalue weighted by atomic mass is 10.1. The minimum Gasteiger partial charge on any atom is -0.382 e. The summed E-state index contributed by atoms with van der Waals surface area (Å²) in [6.07, 6.45) is 32.7. The smallest absolute Gasteiger partial charge is 0.177 e. The van der Waals surface area contributed by atoms with Gasteiger partial charge < -0.3 is 31.2 Å². The minimum atomic E-state index is -3.46. The summed E-state index contributed by atoms with van der Waals surface area (Å²) in [4.78, 5) is 29.9. The van der Waals surface area contributed by atoms with Crippen LogP contribution in [-0.2, 0) is 97.1 Å². The van der Waals surface area contributed by atoms with E-state index in [1.807, 2.05) is 96.8 Å². The predicted molar refractivity (Wildman–Crippen MR) is 462 cm³/mol. The van der Waals surface area contributed by atoms with Crippen molar-refractivity contribution in [1.82, 2.24) is 63.4 Å². The van der Waals surface area contributed by atoms with Crippen molar-refractivity contribution in [2.75, 3.05) is 53.7 Å². The summed E-state index contributed by atoms with van der Waals surface area (Å²) in [5.41, 5.74) is 25.9. The van der Waals surface area contributed by atoms with Crippen molar-refractivity contribution in [3.8, 4) is 0 Å². The standard InChI is InChI=1S/C31H38N6O3S.C27H31N5O2S.C22H25ClN4O3S.C8H13N3/c1-20-32-30-27(34-26-13-12-22(21-10-11-21)16-28(26)41(2,38)39)19-23(33-31(30)37(20)29-9-5-7-15-40-29)17-24-18-25-8-4-3-6-14-36(25)35-24;1-17-12-24-27(28-17)25(30-23-10-9-19(18-7-8-18)13-26(23)35(2,33)34)16-20(29-24)14-21-15-22-6-4-3-5-11-32(22)31-21;1-13-24-21-17(12-19(23)26-22(21)27(13)20-5-3-4-10-30-20)25-16-9-8-15(14-6-7-14)11-18(16)31(2,28)29;9-8-6-7-4-2-1-3-5-11(7)10-8/h12-13,16,18-19,21,29H,3-11,14-15,17H2,1-2H3,(H,33,34);9-10,13,15-16,18H,3-8,11-12,14H2,1-2H3,(H,29,30);8-9,11-12,14,20H,3-7,10H2,1-2H3,(H,25,26);6H,1-5H2,(H2,9,10). The van der Waals surface area contributed by atoms with Crippen LogP contribution in [0.2, 0.25) is 5.15 Å². The average Bonchev–Trinajstić information content (AvgIpc) is 1.59. The fourth-order valence-electron chi connectivity index (χ4n) is 17.5. The molecule has 2 atom stereocenters. The second-order valence-corrected chi connectivity index (χ2v) is 40.1. The first-order chi connectivity index (χ1) is 56.8. The van der Waals surface area contributed by atoms with E-state index in [-0.39, 0.29) is 17.4 Å². The van der Waals surface area contributed by atoms with E-state index in [1.165, 1.54) is 87.2 Å². The second kappa shape index (κ2) is 34.0. The van der Waals surface area contributed by atoms with Crippen molar-refractivity contribution >= 4 is 115 Å². The number of nitrogens with one attached hydrogen (secondary N) is 3. The van der Waals surface area contributed by atoms with Crippen LogP contribution in [0.4, 0.5) is 45.6 Å². The Balaban J connectivity index is 0.000000120. The number of aryl methyl sites for hydroxylation is 8. The number of aromatic nitrogens is 13. The number of nitrogens with two attached hydrogens (primary N) is 1. The van der Waals surface area contributed by atoms with Gasteiger partial charge in [0.2, 0.25) is 0 Å². The summed E-state index contributed by atoms with van der Waals surface area (Å²) >= 11 is 6.36. The molecule has 30 heteroatoms. The molecule has 0 radical (unpaired) electrons. The van der Waals surface area contributed by atoms with Gasteiger partial charge in [0.05, 0.1) is 71.6 Å². The van der Waals surface area contributed by atoms with E-state index in [4.69, 9.17) is 61.9 Å². The molecule has 26 nitrogen and oxygen atoms in total. The van der Waals surface area contributed by atoms with Crippen molar-refractivity contribution in [2.24, 2.45) is 4.99 Å². The lowest BCUT2D eigenvalue weighted by Gasteiger charge is -2.25. The maximum Gasteiger partial charge on any atom is 0.177 e. The van der Waals surface area contributed by atoms with Gasteiger partial charge in [-0.05, 0) is 251 Å². The number of anilines is 7. The monoisotopic (exact) mass is 1670 g/mol. The van der Waals surface area contributed by atoms with Gasteiger partial charge in [0, 0.05) is 111 Å². The quantitative estimate of drug-likeness (QED) is 0.0580. The third-order valence-corrected chi connectivity index (χ3v) is 27.5. The van der Waals surface area contributed by atoms with Crippen LogP contribution in [-0.4, -0.2) is 126 Å². The van der Waals surface area contributed by atoms with E-state index in [1.54, 1.807) is 12.1 Å². The van der Waals surface area contributed by atoms with Gasteiger partial charge in [0.25, 0.3) is 0 Å². The van der Waals surface area contributed by atoms with Gasteiger partial charge in [-0.2, -0.15) is 15.3 Å². The van der Waals surface area contributed by atoms with E-state index < -0.39 is 29.5 Å². The van der Waals surface area contributed by atoms with Crippen LogP contribution in [0.1, 0.15) is 246 Å². The molecule has 3 aliphatic carbocycles. The number of imidazole rings is 2. The Morgan fingerprint density at radius 1 is 0.432 bits per heavy atom. The van der Waals surface area contributed by atoms with Crippen LogP contribution >= 0.6 is 11.6 Å². The molecule has 6 aliphatic heterocycles. The number of rotatable bonds is 18. The number of fused-ring (bicyclic) bond motifs is 6. The van der Waals surface area contributed by atoms with Crippen LogP contribution < -0.4 is 21.7 Å². The zero-order valence-electron chi connectivity index (χ0n) is 68.4. The van der Waals surface area contributed by atoms with Gasteiger partial charge in [0.1, 0.15) is 51.8 Å². The van der Waals surface area contributed by atoms with Crippen molar-refractivity contribution in [3.63, 3.8) is 0 Å². The highest BCUT2D eigenvalue weighted by molar-refractivity contribution is 7.91. The van der Waals surface area contributed by atoms with Crippen LogP contribution in [0.15, 0.2) is 111 Å². The van der Waals surface area contributed by atoms with Crippen LogP contribution in [0.5, 0.6) is 0 Å². The maximum absolute atomic E-state index is 12.9. The Labute approximate surface area is 695 Å². The number of hydrogen-bond acceptors (Lipinski definition) is 21. The molecule has 0 spiro atoms. The number of halogens is 1. The Morgan fingerprint density at radius 3 is 1.29 bits per heavy atom. The maximum atomic E-state index is 12.9. The number of sulfone groups is 3. The molecule has 622 valence electrons. The highest BCUT2D eigenvalue weighted by Gasteiger charge is 2.33. The van der Waals surface area contributed by atoms with Gasteiger partial charge in [-0.15, -0.1) is 0 Å². The molecular weight excluding hydrogens is 1570 g/mol. The molecule has 0 amide bonds. The number of nitrogens with zero attached hydrogens (tertiary/aromatic N) is 14. The van der Waals surface area contributed by atoms with Crippen LogP contribution in [0.25, 0.3) is 22.3 Å². The highest BCUT2D eigenvalue weighted by atomic mass is 35.5. The summed E-state index contributed by atoms with van der Waals surface area (Å²) in [6.45, 7) is 10.3. The molecule has 8 aromatic heterocycles. The highest BCUT2D eigenvalue weighted by Crippen LogP contribution is 2.47. The van der Waals surface area contributed by atoms with Gasteiger partial charge in [0.15, 0.2) is 40.8 Å². The number of ether oxygens (including phenoxy) is 2. The zero-order valence-corrected chi connectivity index (χ0v) is 71.6. The Hall–Kier alpha value is -9.39. The molecule has 0 bridgehead atoms. The summed E-state index contributed by atoms with van der Waals surface area (Å²) in [5.74, 6) is 3.70. The molecule has 3 aromatic carbocycles. The molecule has 5 fully saturated rings. The molecule has 20 rings (SSSR count). The minimum absolute atomic E-state index is 0.113. The topological polar surface area (TPSA) is 323 Å². The van der Waals surface area contributed by atoms with E-state index in [0.29, 0.717) is 104 Å². The second-order valence-electron chi connectivity index (χ2n) is 33.7. The molecule has 3 saturated carbocycles. The van der Waals surface area contributed by atoms with E-state index in [2.05, 4.69) is 52.1 Å². The van der Waals surface area contributed by atoms with Gasteiger partial charge in [-0.3, -0.25) is 33.2 Å². The third kappa shape index (κ3) is 18.6. The largest absolute Gasteiger partial charge is 0.382 e. The summed E-state index contributed by atoms with van der Waals surface area (Å²) in [7, 11) is -10.3. The Kier molecular flexibility index (Phi) is 23.4. The normalized spacial score (nSPS) is 18.8. The SMILES string of the molecule is CC1=Nc2c(Nc3ccc(C4CC4)cc3S(C)(=O)=O)cc(Cc3cc4n(n3)CCCCC4)nc2C1.Cc1nc2c(Nc3ccc(C4CC4)cc3S(C)(=O)=O)cc(Cc3cc4n(n3)CCCCC4)nc2n1C1CCCCO1.Cc1nc2c(Nc3ccc(C4CC4)cc3S(C)(=O)=O)cc(Cl)nc2n1C1CCCCO1.Nc1cc2n(n1)CCCCC2. The van der Waals surface area contributed by atoms with Crippen molar-refractivity contribution < 1.29 is 34.7 Å². The molecule has 9 aliphatic rings. The first-order valence-electron chi connectivity index (χ1n) is 42.3. The summed E-state index contributed by atoms with van der Waals surface area (Å²) in [5, 5.41) is 24.5. The zero-order chi connectivity index (χ0) is 81.7. The lowest BCUT2D eigenvalue weighted by Crippen LogP contribution is -2.19. The van der Waals surface area contributed by atoms with Crippen molar-refractivity contribution in [3.05, 3.63) is 170 Å². The van der Waals surface area contributed by atoms with Gasteiger partial charge in [-0.25, -0.2) is 45.2 Å². The van der Waals surface area contributed by atoms with Gasteiger partial charge in [-0.1, -0.05) is 49.1 Å². The lowest BCUT2D eigenvalue weighted by molar-refractivity contribution is -0.0310. The first-order valence-corrected chi connectivity index (χ1v) is 48.4. The molecule has 118 heavy (non-hydrogen) atoms. The Bertz CT molecular complexity index is 5950. The summed E-state index contributed by atoms with van der Waals surface area (Å²) < 4.78 is 98.7. The van der Waals surface area contributed by atoms with E-state index in [0.717, 1.165) is 214 Å². The number of hydrogen-bond donors (Lipinski definition) is 4. The molecular formula is C88H107ClN18O8S3. The number of benzene rings is 3. The number of pyridine rings is 3. The van der Waals surface area contributed by atoms with Crippen molar-refractivity contribution in [1.29, 1.82) is 0 Å². The molecule has 5 N–H and O–H groups in total. The fourth-order valence-corrected chi connectivity index (χ4v) is 20.3. The van der Waals surface area contributed by atoms with Crippen LogP contribution in [0.3, 0.4) is 0 Å². The predicted octanol–water partition coefficient (Wildman–Crippen LogP) is 17.6. The average molecular weight is 1680 g/mol. The van der Waals surface area contributed by atoms with Crippen LogP contribution in [0, 0.1) is 13.8 Å². The van der Waals surface area contributed by atoms with Gasteiger partial charge >= 0.3 is 0 Å².